The third kappa shape index (κ3) is 3.81. The molecular weight excluding hydrogens is 443 g/mol. The van der Waals surface area contributed by atoms with E-state index < -0.39 is 44.0 Å². The Morgan fingerprint density at radius 1 is 1.06 bits per heavy atom. The first kappa shape index (κ1) is 22.8. The first-order valence-electron chi connectivity index (χ1n) is 10.4. The molecule has 0 radical (unpaired) electrons. The Hall–Kier alpha value is -2.39. The number of nitrogens with one attached hydrogen (secondary N) is 1. The Bertz CT molecular complexity index is 1160. The SMILES string of the molecule is Cc1ccc(C(=O)Nc2cc(F)c(F)c(F)c2)cc1S(=O)(=O)[C@@H]1CC2CC[C@@H](C1)[C@]2(C)O. The highest BCUT2D eigenvalue weighted by atomic mass is 32.2. The first-order chi connectivity index (χ1) is 14.9. The molecule has 2 aliphatic rings. The molecule has 2 bridgehead atoms. The van der Waals surface area contributed by atoms with Crippen molar-refractivity contribution in [2.75, 3.05) is 5.32 Å². The molecule has 0 aliphatic heterocycles. The minimum atomic E-state index is -3.78. The molecule has 1 amide bonds. The maximum Gasteiger partial charge on any atom is 0.255 e. The van der Waals surface area contributed by atoms with Crippen molar-refractivity contribution >= 4 is 21.4 Å². The van der Waals surface area contributed by atoms with Gasteiger partial charge in [-0.3, -0.25) is 4.79 Å². The molecule has 0 saturated heterocycles. The zero-order valence-corrected chi connectivity index (χ0v) is 18.5. The van der Waals surface area contributed by atoms with E-state index in [1.807, 2.05) is 0 Å². The lowest BCUT2D eigenvalue weighted by molar-refractivity contribution is -0.0413. The number of hydrogen-bond donors (Lipinski definition) is 2. The molecule has 4 rings (SSSR count). The van der Waals surface area contributed by atoms with Crippen LogP contribution >= 0.6 is 0 Å². The summed E-state index contributed by atoms with van der Waals surface area (Å²) in [7, 11) is -3.78. The number of fused-ring (bicyclic) bond motifs is 2. The number of carbonyl (C=O) groups excluding carboxylic acids is 1. The van der Waals surface area contributed by atoms with Gasteiger partial charge in [-0.25, -0.2) is 21.6 Å². The summed E-state index contributed by atoms with van der Waals surface area (Å²) in [5.74, 6) is -5.50. The van der Waals surface area contributed by atoms with E-state index in [9.17, 15) is 31.5 Å². The molecule has 2 fully saturated rings. The van der Waals surface area contributed by atoms with Crippen LogP contribution in [0.1, 0.15) is 48.5 Å². The van der Waals surface area contributed by atoms with Gasteiger partial charge in [0.15, 0.2) is 27.3 Å². The van der Waals surface area contributed by atoms with Crippen LogP contribution < -0.4 is 5.32 Å². The van der Waals surface area contributed by atoms with Gasteiger partial charge in [-0.05, 0) is 69.1 Å². The predicted molar refractivity (Wildman–Crippen MR) is 112 cm³/mol. The van der Waals surface area contributed by atoms with Gasteiger partial charge in [0.05, 0.1) is 15.7 Å². The molecule has 4 atom stereocenters. The lowest BCUT2D eigenvalue weighted by Gasteiger charge is -2.40. The van der Waals surface area contributed by atoms with Crippen molar-refractivity contribution in [2.45, 2.75) is 55.3 Å². The van der Waals surface area contributed by atoms with Crippen LogP contribution in [0.3, 0.4) is 0 Å². The molecule has 2 aromatic rings. The van der Waals surface area contributed by atoms with Crippen molar-refractivity contribution in [3.8, 4) is 0 Å². The smallest absolute Gasteiger partial charge is 0.255 e. The van der Waals surface area contributed by atoms with Gasteiger partial charge in [-0.1, -0.05) is 6.07 Å². The maximum atomic E-state index is 13.4. The van der Waals surface area contributed by atoms with Crippen LogP contribution in [0, 0.1) is 36.2 Å². The second kappa shape index (κ2) is 7.88. The highest BCUT2D eigenvalue weighted by molar-refractivity contribution is 7.92. The topological polar surface area (TPSA) is 83.5 Å². The van der Waals surface area contributed by atoms with E-state index in [-0.39, 0.29) is 28.0 Å². The summed E-state index contributed by atoms with van der Waals surface area (Å²) in [4.78, 5) is 12.6. The molecule has 1 unspecified atom stereocenters. The highest BCUT2D eigenvalue weighted by Gasteiger charge is 2.53. The van der Waals surface area contributed by atoms with E-state index in [1.165, 1.54) is 18.2 Å². The number of sulfone groups is 1. The number of anilines is 1. The molecule has 9 heteroatoms. The molecule has 2 saturated carbocycles. The second-order valence-electron chi connectivity index (χ2n) is 9.02. The van der Waals surface area contributed by atoms with Crippen LogP contribution in [-0.4, -0.2) is 30.3 Å². The fraction of sp³-hybridized carbons (Fsp3) is 0.435. The quantitative estimate of drug-likeness (QED) is 0.654. The zero-order valence-electron chi connectivity index (χ0n) is 17.7. The van der Waals surface area contributed by atoms with Crippen LogP contribution in [0.2, 0.25) is 0 Å². The van der Waals surface area contributed by atoms with Gasteiger partial charge in [0, 0.05) is 23.4 Å². The molecule has 172 valence electrons. The summed E-state index contributed by atoms with van der Waals surface area (Å²) in [6.45, 7) is 3.41. The van der Waals surface area contributed by atoms with Gasteiger partial charge in [0.1, 0.15) is 0 Å². The molecule has 0 heterocycles. The van der Waals surface area contributed by atoms with E-state index in [4.69, 9.17) is 0 Å². The lowest BCUT2D eigenvalue weighted by atomic mass is 9.76. The van der Waals surface area contributed by atoms with E-state index in [1.54, 1.807) is 13.8 Å². The third-order valence-electron chi connectivity index (χ3n) is 7.05. The number of aliphatic hydroxyl groups is 1. The Morgan fingerprint density at radius 3 is 2.19 bits per heavy atom. The Balaban J connectivity index is 1.61. The van der Waals surface area contributed by atoms with Crippen molar-refractivity contribution in [3.05, 3.63) is 58.9 Å². The summed E-state index contributed by atoms with van der Waals surface area (Å²) in [6, 6.07) is 5.46. The van der Waals surface area contributed by atoms with Gasteiger partial charge in [-0.2, -0.15) is 0 Å². The average molecular weight is 468 g/mol. The molecule has 2 aliphatic carbocycles. The van der Waals surface area contributed by atoms with Crippen LogP contribution in [-0.2, 0) is 9.84 Å². The van der Waals surface area contributed by atoms with Gasteiger partial charge < -0.3 is 10.4 Å². The minimum absolute atomic E-state index is 0.00917. The monoisotopic (exact) mass is 467 g/mol. The maximum absolute atomic E-state index is 13.4. The highest BCUT2D eigenvalue weighted by Crippen LogP contribution is 2.51. The summed E-state index contributed by atoms with van der Waals surface area (Å²) in [5, 5.41) is 12.3. The minimum Gasteiger partial charge on any atom is -0.390 e. The number of hydrogen-bond acceptors (Lipinski definition) is 4. The average Bonchev–Trinajstić information content (AvgIpc) is 2.88. The number of amides is 1. The fourth-order valence-electron chi connectivity index (χ4n) is 5.08. The van der Waals surface area contributed by atoms with E-state index in [2.05, 4.69) is 5.32 Å². The van der Waals surface area contributed by atoms with Gasteiger partial charge >= 0.3 is 0 Å². The van der Waals surface area contributed by atoms with E-state index in [0.29, 0.717) is 30.5 Å². The van der Waals surface area contributed by atoms with Crippen LogP contribution in [0.4, 0.5) is 18.9 Å². The largest absolute Gasteiger partial charge is 0.390 e. The summed E-state index contributed by atoms with van der Waals surface area (Å²) >= 11 is 0. The Morgan fingerprint density at radius 2 is 1.62 bits per heavy atom. The second-order valence-corrected chi connectivity index (χ2v) is 11.2. The zero-order chi connectivity index (χ0) is 23.4. The molecule has 0 spiro atoms. The van der Waals surface area contributed by atoms with Crippen molar-refractivity contribution in [1.82, 2.24) is 0 Å². The van der Waals surface area contributed by atoms with Crippen LogP contribution in [0.25, 0.3) is 0 Å². The summed E-state index contributed by atoms with van der Waals surface area (Å²) in [5.41, 5.74) is -0.680. The molecule has 2 aromatic carbocycles. The number of rotatable bonds is 4. The third-order valence-corrected chi connectivity index (χ3v) is 9.36. The number of aryl methyl sites for hydroxylation is 1. The molecule has 32 heavy (non-hydrogen) atoms. The molecular formula is C23H24F3NO4S. The Labute approximate surface area is 184 Å². The number of carbonyl (C=O) groups is 1. The van der Waals surface area contributed by atoms with Crippen molar-refractivity contribution in [1.29, 1.82) is 0 Å². The van der Waals surface area contributed by atoms with Gasteiger partial charge in [0.2, 0.25) is 0 Å². The Kier molecular flexibility index (Phi) is 5.61. The molecule has 5 nitrogen and oxygen atoms in total. The standard InChI is InChI=1S/C23H24F3NO4S/c1-12-3-4-13(22(28)27-16-10-18(24)21(26)19(25)11-16)7-20(12)32(30,31)17-8-14-5-6-15(9-17)23(14,2)29/h3-4,7,10-11,14-15,17,29H,5-6,8-9H2,1-2H3,(H,27,28)/t14-,15?,17-,23-/m0/s1. The first-order valence-corrected chi connectivity index (χ1v) is 12.0. The number of halogens is 3. The molecule has 0 aromatic heterocycles. The lowest BCUT2D eigenvalue weighted by Crippen LogP contribution is -2.45. The molecule has 2 N–H and O–H groups in total. The fourth-order valence-corrected chi connectivity index (χ4v) is 7.21. The predicted octanol–water partition coefficient (Wildman–Crippen LogP) is 4.38. The summed E-state index contributed by atoms with van der Waals surface area (Å²) in [6.07, 6.45) is 2.29. The summed E-state index contributed by atoms with van der Waals surface area (Å²) < 4.78 is 66.9. The van der Waals surface area contributed by atoms with E-state index >= 15 is 0 Å². The van der Waals surface area contributed by atoms with Crippen molar-refractivity contribution in [3.63, 3.8) is 0 Å². The van der Waals surface area contributed by atoms with Crippen molar-refractivity contribution in [2.24, 2.45) is 11.8 Å². The normalized spacial score (nSPS) is 27.4. The van der Waals surface area contributed by atoms with Crippen LogP contribution in [0.15, 0.2) is 35.2 Å². The van der Waals surface area contributed by atoms with Gasteiger partial charge in [0.25, 0.3) is 5.91 Å². The van der Waals surface area contributed by atoms with E-state index in [0.717, 1.165) is 12.8 Å². The number of benzene rings is 2. The van der Waals surface area contributed by atoms with Gasteiger partial charge in [-0.15, -0.1) is 0 Å². The van der Waals surface area contributed by atoms with Crippen molar-refractivity contribution < 1.29 is 31.5 Å². The van der Waals surface area contributed by atoms with Crippen LogP contribution in [0.5, 0.6) is 0 Å².